The molecule has 1 aromatic rings. The van der Waals surface area contributed by atoms with E-state index in [1.165, 1.54) is 12.1 Å². The maximum Gasteiger partial charge on any atom is 0.335 e. The second-order valence-corrected chi connectivity index (χ2v) is 5.06. The lowest BCUT2D eigenvalue weighted by Gasteiger charge is -2.24. The monoisotopic (exact) mass is 289 g/mol. The first kappa shape index (κ1) is 16.5. The van der Waals surface area contributed by atoms with E-state index in [0.29, 0.717) is 24.7 Å². The molecule has 0 aliphatic heterocycles. The number of hydrogen-bond donors (Lipinski definition) is 2. The number of rotatable bonds is 6. The normalized spacial score (nSPS) is 10.0. The molecule has 21 heavy (non-hydrogen) atoms. The van der Waals surface area contributed by atoms with Crippen LogP contribution in [-0.2, 0) is 0 Å². The van der Waals surface area contributed by atoms with Crippen LogP contribution in [0.25, 0.3) is 0 Å². The Hall–Kier alpha value is -2.55. The molecular formula is C15H19N3O3. The lowest BCUT2D eigenvalue weighted by molar-refractivity contribution is 0.0697. The van der Waals surface area contributed by atoms with Crippen LogP contribution in [0.5, 0.6) is 0 Å². The third-order valence-electron chi connectivity index (χ3n) is 2.75. The Kier molecular flexibility index (Phi) is 6.21. The molecule has 0 spiro atoms. The van der Waals surface area contributed by atoms with Gasteiger partial charge in [-0.2, -0.15) is 5.26 Å². The minimum absolute atomic E-state index is 0.163. The van der Waals surface area contributed by atoms with Crippen LogP contribution in [0.15, 0.2) is 24.3 Å². The summed E-state index contributed by atoms with van der Waals surface area (Å²) in [7, 11) is 0. The number of nitriles is 1. The fourth-order valence-electron chi connectivity index (χ4n) is 1.80. The summed E-state index contributed by atoms with van der Waals surface area (Å²) in [5, 5.41) is 20.2. The van der Waals surface area contributed by atoms with Crippen LogP contribution in [0.1, 0.15) is 30.6 Å². The van der Waals surface area contributed by atoms with Gasteiger partial charge in [0.15, 0.2) is 0 Å². The number of aromatic carboxylic acids is 1. The van der Waals surface area contributed by atoms with Crippen molar-refractivity contribution < 1.29 is 14.7 Å². The highest BCUT2D eigenvalue weighted by Gasteiger charge is 2.14. The highest BCUT2D eigenvalue weighted by molar-refractivity contribution is 5.91. The number of benzene rings is 1. The van der Waals surface area contributed by atoms with Crippen LogP contribution >= 0.6 is 0 Å². The minimum Gasteiger partial charge on any atom is -0.478 e. The molecule has 0 atom stereocenters. The molecule has 6 heteroatoms. The topological polar surface area (TPSA) is 93.4 Å². The van der Waals surface area contributed by atoms with Crippen molar-refractivity contribution in [1.82, 2.24) is 4.90 Å². The second-order valence-electron chi connectivity index (χ2n) is 5.06. The highest BCUT2D eigenvalue weighted by atomic mass is 16.4. The van der Waals surface area contributed by atoms with E-state index in [1.54, 1.807) is 17.0 Å². The molecular weight excluding hydrogens is 270 g/mol. The van der Waals surface area contributed by atoms with Gasteiger partial charge in [0.1, 0.15) is 0 Å². The van der Waals surface area contributed by atoms with Gasteiger partial charge >= 0.3 is 12.0 Å². The average Bonchev–Trinajstić information content (AvgIpc) is 2.43. The van der Waals surface area contributed by atoms with Crippen molar-refractivity contribution in [2.45, 2.75) is 20.3 Å². The van der Waals surface area contributed by atoms with Gasteiger partial charge in [-0.15, -0.1) is 0 Å². The number of nitrogens with one attached hydrogen (secondary N) is 1. The van der Waals surface area contributed by atoms with Gasteiger partial charge in [-0.1, -0.05) is 13.8 Å². The molecule has 0 aromatic heterocycles. The summed E-state index contributed by atoms with van der Waals surface area (Å²) < 4.78 is 0. The van der Waals surface area contributed by atoms with E-state index in [9.17, 15) is 9.59 Å². The Morgan fingerprint density at radius 3 is 2.43 bits per heavy atom. The molecule has 0 unspecified atom stereocenters. The van der Waals surface area contributed by atoms with Crippen LogP contribution in [0.2, 0.25) is 0 Å². The fourth-order valence-corrected chi connectivity index (χ4v) is 1.80. The van der Waals surface area contributed by atoms with Crippen LogP contribution < -0.4 is 5.32 Å². The Balaban J connectivity index is 2.71. The molecule has 0 saturated carbocycles. The molecule has 2 N–H and O–H groups in total. The van der Waals surface area contributed by atoms with Crippen molar-refractivity contribution in [3.63, 3.8) is 0 Å². The molecule has 0 saturated heterocycles. The Bertz CT molecular complexity index is 532. The molecule has 0 aliphatic carbocycles. The van der Waals surface area contributed by atoms with Crippen molar-refractivity contribution in [2.75, 3.05) is 18.4 Å². The Morgan fingerprint density at radius 1 is 1.33 bits per heavy atom. The van der Waals surface area contributed by atoms with Gasteiger partial charge in [-0.25, -0.2) is 9.59 Å². The van der Waals surface area contributed by atoms with Crippen LogP contribution in [0.4, 0.5) is 10.5 Å². The summed E-state index contributed by atoms with van der Waals surface area (Å²) in [6, 6.07) is 7.68. The highest BCUT2D eigenvalue weighted by Crippen LogP contribution is 2.11. The largest absolute Gasteiger partial charge is 0.478 e. The summed E-state index contributed by atoms with van der Waals surface area (Å²) in [5.41, 5.74) is 0.687. The van der Waals surface area contributed by atoms with Gasteiger partial charge in [0.05, 0.1) is 18.1 Å². The lowest BCUT2D eigenvalue weighted by atomic mass is 10.2. The first-order chi connectivity index (χ1) is 9.93. The third-order valence-corrected chi connectivity index (χ3v) is 2.75. The maximum atomic E-state index is 12.2. The molecule has 0 radical (unpaired) electrons. The number of amides is 2. The number of hydrogen-bond acceptors (Lipinski definition) is 3. The van der Waals surface area contributed by atoms with Gasteiger partial charge in [-0.05, 0) is 30.2 Å². The van der Waals surface area contributed by atoms with Crippen LogP contribution in [0, 0.1) is 17.2 Å². The first-order valence-corrected chi connectivity index (χ1v) is 6.70. The quantitative estimate of drug-likeness (QED) is 0.842. The Morgan fingerprint density at radius 2 is 1.95 bits per heavy atom. The number of carbonyl (C=O) groups excluding carboxylic acids is 1. The molecule has 1 rings (SSSR count). The van der Waals surface area contributed by atoms with Crippen molar-refractivity contribution in [3.8, 4) is 6.07 Å². The summed E-state index contributed by atoms with van der Waals surface area (Å²) in [4.78, 5) is 24.5. The van der Waals surface area contributed by atoms with Crippen LogP contribution in [0.3, 0.4) is 0 Å². The van der Waals surface area contributed by atoms with E-state index in [-0.39, 0.29) is 18.0 Å². The van der Waals surface area contributed by atoms with Gasteiger partial charge < -0.3 is 15.3 Å². The van der Waals surface area contributed by atoms with Crippen molar-refractivity contribution in [3.05, 3.63) is 29.8 Å². The summed E-state index contributed by atoms with van der Waals surface area (Å²) in [5.74, 6) is -0.716. The van der Waals surface area contributed by atoms with E-state index in [2.05, 4.69) is 5.32 Å². The first-order valence-electron chi connectivity index (χ1n) is 6.70. The Labute approximate surface area is 124 Å². The molecule has 0 bridgehead atoms. The maximum absolute atomic E-state index is 12.2. The molecule has 112 valence electrons. The zero-order valence-electron chi connectivity index (χ0n) is 12.2. The van der Waals surface area contributed by atoms with Gasteiger partial charge in [-0.3, -0.25) is 0 Å². The summed E-state index contributed by atoms with van der Waals surface area (Å²) in [6.45, 7) is 4.91. The molecule has 0 fully saturated rings. The lowest BCUT2D eigenvalue weighted by Crippen LogP contribution is -2.38. The number of urea groups is 1. The predicted octanol–water partition coefficient (Wildman–Crippen LogP) is 2.79. The number of carboxylic acids is 1. The summed E-state index contributed by atoms with van der Waals surface area (Å²) in [6.07, 6.45) is 0.276. The molecule has 2 amide bonds. The van der Waals surface area contributed by atoms with Gasteiger partial charge in [0.2, 0.25) is 0 Å². The standard InChI is InChI=1S/C15H19N3O3/c1-11(2)10-18(9-3-8-16)15(21)17-13-6-4-12(5-7-13)14(19)20/h4-7,11H,3,9-10H2,1-2H3,(H,17,21)(H,19,20). The number of carbonyl (C=O) groups is 2. The number of anilines is 1. The zero-order chi connectivity index (χ0) is 15.8. The van der Waals surface area contributed by atoms with E-state index in [1.807, 2.05) is 19.9 Å². The van der Waals surface area contributed by atoms with Crippen molar-refractivity contribution in [2.24, 2.45) is 5.92 Å². The van der Waals surface area contributed by atoms with Crippen molar-refractivity contribution in [1.29, 1.82) is 5.26 Å². The SMILES string of the molecule is CC(C)CN(CCC#N)C(=O)Nc1ccc(C(=O)O)cc1. The smallest absolute Gasteiger partial charge is 0.335 e. The molecule has 0 aliphatic rings. The van der Waals surface area contributed by atoms with Gasteiger partial charge in [0.25, 0.3) is 0 Å². The second kappa shape index (κ2) is 7.90. The third kappa shape index (κ3) is 5.53. The summed E-state index contributed by atoms with van der Waals surface area (Å²) >= 11 is 0. The molecule has 6 nitrogen and oxygen atoms in total. The molecule has 1 aromatic carbocycles. The zero-order valence-corrected chi connectivity index (χ0v) is 12.2. The van der Waals surface area contributed by atoms with E-state index < -0.39 is 5.97 Å². The fraction of sp³-hybridized carbons (Fsp3) is 0.400. The molecule has 0 heterocycles. The van der Waals surface area contributed by atoms with E-state index in [0.717, 1.165) is 0 Å². The average molecular weight is 289 g/mol. The number of nitrogens with zero attached hydrogens (tertiary/aromatic N) is 2. The van der Waals surface area contributed by atoms with E-state index >= 15 is 0 Å². The predicted molar refractivity (Wildman–Crippen MR) is 79.1 cm³/mol. The van der Waals surface area contributed by atoms with E-state index in [4.69, 9.17) is 10.4 Å². The minimum atomic E-state index is -1.01. The van der Waals surface area contributed by atoms with Crippen molar-refractivity contribution >= 4 is 17.7 Å². The van der Waals surface area contributed by atoms with Gasteiger partial charge in [0, 0.05) is 18.8 Å². The number of carboxylic acid groups (broad SMARTS) is 1. The van der Waals surface area contributed by atoms with Crippen LogP contribution in [-0.4, -0.2) is 35.1 Å².